The molecule has 1 saturated heterocycles. The summed E-state index contributed by atoms with van der Waals surface area (Å²) < 4.78 is 34.4. The lowest BCUT2D eigenvalue weighted by molar-refractivity contribution is 0.321. The third-order valence-corrected chi connectivity index (χ3v) is 7.92. The molecule has 0 aliphatic carbocycles. The summed E-state index contributed by atoms with van der Waals surface area (Å²) in [6.07, 6.45) is 0.884. The van der Waals surface area contributed by atoms with E-state index in [1.165, 1.54) is 4.31 Å². The molecule has 0 unspecified atom stereocenters. The first-order valence-electron chi connectivity index (χ1n) is 10.3. The molecule has 0 radical (unpaired) electrons. The molecule has 1 aliphatic heterocycles. The molecule has 0 spiro atoms. The lowest BCUT2D eigenvalue weighted by Gasteiger charge is -2.36. The summed E-state index contributed by atoms with van der Waals surface area (Å²) in [5, 5.41) is 2.69. The van der Waals surface area contributed by atoms with E-state index in [9.17, 15) is 8.42 Å². The van der Waals surface area contributed by atoms with E-state index in [4.69, 9.17) is 27.9 Å². The fourth-order valence-corrected chi connectivity index (χ4v) is 5.86. The Hall–Kier alpha value is -1.99. The van der Waals surface area contributed by atoms with Gasteiger partial charge in [-0.1, -0.05) is 54.4 Å². The second-order valence-electron chi connectivity index (χ2n) is 7.44. The highest BCUT2D eigenvalue weighted by molar-refractivity contribution is 7.89. The van der Waals surface area contributed by atoms with Crippen LogP contribution in [0.3, 0.4) is 0 Å². The highest BCUT2D eigenvalue weighted by Crippen LogP contribution is 2.34. The zero-order valence-electron chi connectivity index (χ0n) is 17.2. The maximum atomic E-state index is 13.5. The molecule has 5 nitrogen and oxygen atoms in total. The molecular weight excluding hydrogens is 455 g/mol. The Morgan fingerprint density at radius 1 is 0.935 bits per heavy atom. The van der Waals surface area contributed by atoms with E-state index < -0.39 is 10.0 Å². The average molecular weight is 479 g/mol. The SMILES string of the molecule is CCCOc1ccc(S(=O)(=O)N2CCN(c3cc(Cl)ccc3Cl)CC2)c2ccccc12. The first kappa shape index (κ1) is 22.2. The number of benzene rings is 3. The molecule has 0 saturated carbocycles. The van der Waals surface area contributed by atoms with Crippen LogP contribution in [0.1, 0.15) is 13.3 Å². The Labute approximate surface area is 193 Å². The monoisotopic (exact) mass is 478 g/mol. The second-order valence-corrected chi connectivity index (χ2v) is 10.2. The summed E-state index contributed by atoms with van der Waals surface area (Å²) in [6.45, 7) is 4.44. The van der Waals surface area contributed by atoms with E-state index in [1.54, 1.807) is 24.3 Å². The van der Waals surface area contributed by atoms with Crippen molar-refractivity contribution in [3.05, 3.63) is 64.6 Å². The maximum absolute atomic E-state index is 13.5. The van der Waals surface area contributed by atoms with Crippen molar-refractivity contribution in [1.29, 1.82) is 0 Å². The van der Waals surface area contributed by atoms with Gasteiger partial charge in [0.15, 0.2) is 0 Å². The first-order valence-corrected chi connectivity index (χ1v) is 12.5. The molecule has 8 heteroatoms. The van der Waals surface area contributed by atoms with Gasteiger partial charge in [-0.15, -0.1) is 0 Å². The predicted molar refractivity (Wildman–Crippen MR) is 127 cm³/mol. The second kappa shape index (κ2) is 9.25. The molecular formula is C23H24Cl2N2O3S. The van der Waals surface area contributed by atoms with Gasteiger partial charge >= 0.3 is 0 Å². The number of rotatable bonds is 6. The Morgan fingerprint density at radius 2 is 1.65 bits per heavy atom. The number of halogens is 2. The molecule has 0 atom stereocenters. The highest BCUT2D eigenvalue weighted by Gasteiger charge is 2.30. The van der Waals surface area contributed by atoms with Gasteiger partial charge in [-0.25, -0.2) is 8.42 Å². The van der Waals surface area contributed by atoms with Crippen molar-refractivity contribution in [3.8, 4) is 5.75 Å². The minimum Gasteiger partial charge on any atom is -0.493 e. The normalized spacial score (nSPS) is 15.4. The van der Waals surface area contributed by atoms with Crippen LogP contribution in [0.5, 0.6) is 5.75 Å². The van der Waals surface area contributed by atoms with Crippen LogP contribution < -0.4 is 9.64 Å². The van der Waals surface area contributed by atoms with Crippen molar-refractivity contribution in [3.63, 3.8) is 0 Å². The summed E-state index contributed by atoms with van der Waals surface area (Å²) in [4.78, 5) is 2.38. The minimum atomic E-state index is -3.66. The topological polar surface area (TPSA) is 49.9 Å². The largest absolute Gasteiger partial charge is 0.493 e. The molecule has 1 heterocycles. The van der Waals surface area contributed by atoms with Crippen molar-refractivity contribution < 1.29 is 13.2 Å². The summed E-state index contributed by atoms with van der Waals surface area (Å²) in [6, 6.07) is 16.2. The van der Waals surface area contributed by atoms with Gasteiger partial charge in [0.1, 0.15) is 5.75 Å². The van der Waals surface area contributed by atoms with Crippen molar-refractivity contribution in [2.45, 2.75) is 18.2 Å². The van der Waals surface area contributed by atoms with Crippen LogP contribution >= 0.6 is 23.2 Å². The molecule has 0 bridgehead atoms. The Bertz CT molecular complexity index is 1190. The zero-order chi connectivity index (χ0) is 22.0. The summed E-state index contributed by atoms with van der Waals surface area (Å²) in [7, 11) is -3.66. The van der Waals surface area contributed by atoms with E-state index in [0.717, 1.165) is 17.5 Å². The third-order valence-electron chi connectivity index (χ3n) is 5.41. The van der Waals surface area contributed by atoms with Gasteiger partial charge in [0.25, 0.3) is 0 Å². The Balaban J connectivity index is 1.60. The van der Waals surface area contributed by atoms with E-state index in [-0.39, 0.29) is 0 Å². The number of piperazine rings is 1. The predicted octanol–water partition coefficient (Wildman–Crippen LogP) is 5.45. The van der Waals surface area contributed by atoms with Gasteiger partial charge in [-0.2, -0.15) is 4.31 Å². The molecule has 1 fully saturated rings. The number of ether oxygens (including phenoxy) is 1. The molecule has 3 aromatic rings. The summed E-state index contributed by atoms with van der Waals surface area (Å²) in [5.74, 6) is 0.705. The van der Waals surface area contributed by atoms with Gasteiger partial charge in [0.05, 0.1) is 22.2 Å². The van der Waals surface area contributed by atoms with Crippen LogP contribution in [0.15, 0.2) is 59.5 Å². The van der Waals surface area contributed by atoms with E-state index in [2.05, 4.69) is 4.90 Å². The fraction of sp³-hybridized carbons (Fsp3) is 0.304. The standard InChI is InChI=1S/C23H24Cl2N2O3S/c1-2-15-30-22-9-10-23(19-6-4-3-5-18(19)22)31(28,29)27-13-11-26(12-14-27)21-16-17(24)7-8-20(21)25/h3-10,16H,2,11-15H2,1H3. The summed E-state index contributed by atoms with van der Waals surface area (Å²) in [5.41, 5.74) is 0.828. The summed E-state index contributed by atoms with van der Waals surface area (Å²) >= 11 is 12.4. The number of hydrogen-bond donors (Lipinski definition) is 0. The molecule has 31 heavy (non-hydrogen) atoms. The van der Waals surface area contributed by atoms with Gasteiger partial charge in [-0.05, 0) is 36.8 Å². The quantitative estimate of drug-likeness (QED) is 0.472. The van der Waals surface area contributed by atoms with Crippen LogP contribution in [0.2, 0.25) is 10.0 Å². The average Bonchev–Trinajstić information content (AvgIpc) is 2.79. The molecule has 0 amide bonds. The van der Waals surface area contributed by atoms with Gasteiger partial charge in [0, 0.05) is 42.0 Å². The Kier molecular flexibility index (Phi) is 6.63. The van der Waals surface area contributed by atoms with Crippen molar-refractivity contribution in [2.24, 2.45) is 0 Å². The number of sulfonamides is 1. The van der Waals surface area contributed by atoms with E-state index in [1.807, 2.05) is 37.3 Å². The zero-order valence-corrected chi connectivity index (χ0v) is 19.6. The number of nitrogens with zero attached hydrogens (tertiary/aromatic N) is 2. The number of fused-ring (bicyclic) bond motifs is 1. The van der Waals surface area contributed by atoms with Crippen LogP contribution in [-0.4, -0.2) is 45.5 Å². The number of hydrogen-bond acceptors (Lipinski definition) is 4. The third kappa shape index (κ3) is 4.48. The maximum Gasteiger partial charge on any atom is 0.243 e. The molecule has 3 aromatic carbocycles. The van der Waals surface area contributed by atoms with Crippen LogP contribution in [0.25, 0.3) is 10.8 Å². The molecule has 1 aliphatic rings. The smallest absolute Gasteiger partial charge is 0.243 e. The molecule has 0 aromatic heterocycles. The molecule has 164 valence electrons. The lowest BCUT2D eigenvalue weighted by Crippen LogP contribution is -2.48. The first-order chi connectivity index (χ1) is 14.9. The number of anilines is 1. The van der Waals surface area contributed by atoms with E-state index >= 15 is 0 Å². The van der Waals surface area contributed by atoms with Crippen molar-refractivity contribution in [2.75, 3.05) is 37.7 Å². The fourth-order valence-electron chi connectivity index (χ4n) is 3.84. The van der Waals surface area contributed by atoms with Crippen LogP contribution in [0, 0.1) is 0 Å². The van der Waals surface area contributed by atoms with Crippen molar-refractivity contribution >= 4 is 49.7 Å². The minimum absolute atomic E-state index is 0.307. The van der Waals surface area contributed by atoms with Crippen molar-refractivity contribution in [1.82, 2.24) is 4.31 Å². The Morgan fingerprint density at radius 3 is 2.35 bits per heavy atom. The van der Waals surface area contributed by atoms with Gasteiger partial charge < -0.3 is 9.64 Å². The molecule has 0 N–H and O–H groups in total. The van der Waals surface area contributed by atoms with Gasteiger partial charge in [-0.3, -0.25) is 0 Å². The highest BCUT2D eigenvalue weighted by atomic mass is 35.5. The molecule has 4 rings (SSSR count). The lowest BCUT2D eigenvalue weighted by atomic mass is 10.1. The van der Waals surface area contributed by atoms with E-state index in [0.29, 0.717) is 58.9 Å². The van der Waals surface area contributed by atoms with Gasteiger partial charge in [0.2, 0.25) is 10.0 Å². The van der Waals surface area contributed by atoms with Crippen LogP contribution in [0.4, 0.5) is 5.69 Å². The van der Waals surface area contributed by atoms with Crippen LogP contribution in [-0.2, 0) is 10.0 Å².